The quantitative estimate of drug-likeness (QED) is 0.276. The molecule has 1 N–H and O–H groups in total. The summed E-state index contributed by atoms with van der Waals surface area (Å²) in [4.78, 5) is 36.5. The highest BCUT2D eigenvalue weighted by atomic mass is 19.4. The van der Waals surface area contributed by atoms with Gasteiger partial charge in [0.2, 0.25) is 11.8 Å². The lowest BCUT2D eigenvalue weighted by Crippen LogP contribution is -2.46. The highest BCUT2D eigenvalue weighted by Gasteiger charge is 2.37. The number of halogens is 3. The van der Waals surface area contributed by atoms with Gasteiger partial charge in [-0.05, 0) is 93.3 Å². The van der Waals surface area contributed by atoms with Crippen LogP contribution in [0.2, 0.25) is 0 Å². The summed E-state index contributed by atoms with van der Waals surface area (Å²) in [6.07, 6.45) is 4.60. The van der Waals surface area contributed by atoms with Crippen molar-refractivity contribution in [2.24, 2.45) is 11.8 Å². The molecule has 0 saturated heterocycles. The second kappa shape index (κ2) is 13.4. The number of aromatic carboxylic acids is 1. The van der Waals surface area contributed by atoms with Crippen LogP contribution in [0.3, 0.4) is 0 Å². The Bertz CT molecular complexity index is 1500. The molecule has 44 heavy (non-hydrogen) atoms. The van der Waals surface area contributed by atoms with Gasteiger partial charge >= 0.3 is 12.1 Å². The van der Waals surface area contributed by atoms with Crippen LogP contribution in [0.1, 0.15) is 97.6 Å². The van der Waals surface area contributed by atoms with E-state index in [1.165, 1.54) is 24.4 Å². The molecule has 0 bridgehead atoms. The van der Waals surface area contributed by atoms with Crippen LogP contribution in [0.5, 0.6) is 11.6 Å². The number of carbonyl (C=O) groups is 2. The van der Waals surface area contributed by atoms with Gasteiger partial charge in [0.25, 0.3) is 0 Å². The number of nitrogens with zero attached hydrogens (tertiary/aromatic N) is 3. The fraction of sp³-hybridized carbons (Fsp3) is 0.471. The number of hydrogen-bond donors (Lipinski definition) is 1. The van der Waals surface area contributed by atoms with Crippen molar-refractivity contribution in [3.8, 4) is 11.6 Å². The van der Waals surface area contributed by atoms with E-state index in [9.17, 15) is 27.9 Å². The molecule has 0 radical (unpaired) electrons. The van der Waals surface area contributed by atoms with Crippen molar-refractivity contribution in [3.05, 3.63) is 76.7 Å². The number of aromatic nitrogens is 2. The number of carboxylic acid groups (broad SMARTS) is 1. The molecule has 2 saturated carbocycles. The number of ether oxygens (including phenoxy) is 1. The highest BCUT2D eigenvalue weighted by Crippen LogP contribution is 2.40. The van der Waals surface area contributed by atoms with Crippen molar-refractivity contribution in [1.82, 2.24) is 9.97 Å². The van der Waals surface area contributed by atoms with E-state index in [0.29, 0.717) is 17.2 Å². The van der Waals surface area contributed by atoms with E-state index in [4.69, 9.17) is 4.74 Å². The molecule has 5 rings (SSSR count). The summed E-state index contributed by atoms with van der Waals surface area (Å²) in [6.45, 7) is 3.98. The maximum atomic E-state index is 14.1. The van der Waals surface area contributed by atoms with E-state index < -0.39 is 23.6 Å². The number of anilines is 1. The Morgan fingerprint density at radius 1 is 1.00 bits per heavy atom. The minimum atomic E-state index is -4.77. The average molecular weight is 610 g/mol. The first-order valence-corrected chi connectivity index (χ1v) is 15.4. The zero-order valence-electron chi connectivity index (χ0n) is 25.1. The summed E-state index contributed by atoms with van der Waals surface area (Å²) < 4.78 is 48.0. The van der Waals surface area contributed by atoms with Gasteiger partial charge in [-0.1, -0.05) is 32.3 Å². The first-order valence-electron chi connectivity index (χ1n) is 15.4. The molecule has 10 heteroatoms. The highest BCUT2D eigenvalue weighted by molar-refractivity contribution is 6.03. The number of carbonyl (C=O) groups excluding carboxylic acids is 1. The Balaban J connectivity index is 1.46. The largest absolute Gasteiger partial charge is 0.478 e. The minimum absolute atomic E-state index is 0.0697. The first kappa shape index (κ1) is 31.5. The Morgan fingerprint density at radius 3 is 2.39 bits per heavy atom. The lowest BCUT2D eigenvalue weighted by atomic mass is 9.81. The Hall–Kier alpha value is -3.95. The maximum Gasteiger partial charge on any atom is 0.421 e. The molecule has 1 aromatic carbocycles. The van der Waals surface area contributed by atoms with Gasteiger partial charge in [-0.2, -0.15) is 13.2 Å². The Morgan fingerprint density at radius 2 is 1.73 bits per heavy atom. The predicted molar refractivity (Wildman–Crippen MR) is 160 cm³/mol. The van der Waals surface area contributed by atoms with Crippen LogP contribution < -0.4 is 9.64 Å². The van der Waals surface area contributed by atoms with Crippen LogP contribution in [-0.2, 0) is 17.4 Å². The zero-order chi connectivity index (χ0) is 31.4. The van der Waals surface area contributed by atoms with E-state index >= 15 is 0 Å². The van der Waals surface area contributed by atoms with Gasteiger partial charge in [0.05, 0.1) is 11.3 Å². The number of alkyl halides is 3. The smallest absolute Gasteiger partial charge is 0.421 e. The van der Waals surface area contributed by atoms with E-state index in [1.807, 2.05) is 0 Å². The van der Waals surface area contributed by atoms with Gasteiger partial charge in [-0.25, -0.2) is 9.78 Å². The number of aryl methyl sites for hydroxylation is 1. The van der Waals surface area contributed by atoms with Crippen molar-refractivity contribution >= 4 is 17.6 Å². The molecule has 1 amide bonds. The summed E-state index contributed by atoms with van der Waals surface area (Å²) in [5.41, 5.74) is 0.653. The molecular weight excluding hydrogens is 571 g/mol. The number of pyridine rings is 2. The molecule has 0 aliphatic heterocycles. The molecule has 0 atom stereocenters. The topological polar surface area (TPSA) is 92.6 Å². The van der Waals surface area contributed by atoms with Gasteiger partial charge in [0.15, 0.2) is 0 Å². The van der Waals surface area contributed by atoms with Gasteiger partial charge < -0.3 is 14.7 Å². The molecule has 2 aliphatic rings. The summed E-state index contributed by atoms with van der Waals surface area (Å²) in [6, 6.07) is 10.3. The monoisotopic (exact) mass is 609 g/mol. The molecule has 2 aliphatic carbocycles. The van der Waals surface area contributed by atoms with Crippen molar-refractivity contribution in [1.29, 1.82) is 0 Å². The Labute approximate surface area is 255 Å². The number of carboxylic acids is 1. The van der Waals surface area contributed by atoms with Gasteiger partial charge in [-0.15, -0.1) is 0 Å². The van der Waals surface area contributed by atoms with Crippen molar-refractivity contribution in [2.45, 2.75) is 90.3 Å². The van der Waals surface area contributed by atoms with Crippen LogP contribution in [0, 0.1) is 18.8 Å². The van der Waals surface area contributed by atoms with Crippen LogP contribution >= 0.6 is 0 Å². The lowest BCUT2D eigenvalue weighted by Gasteiger charge is -2.38. The van der Waals surface area contributed by atoms with Crippen LogP contribution in [0.15, 0.2) is 48.7 Å². The molecule has 7 nitrogen and oxygen atoms in total. The fourth-order valence-corrected chi connectivity index (χ4v) is 6.39. The second-order valence-electron chi connectivity index (χ2n) is 12.2. The summed E-state index contributed by atoms with van der Waals surface area (Å²) >= 11 is 0. The molecule has 0 unspecified atom stereocenters. The van der Waals surface area contributed by atoms with Crippen molar-refractivity contribution in [3.63, 3.8) is 0 Å². The molecule has 0 spiro atoms. The van der Waals surface area contributed by atoms with Crippen LogP contribution in [-0.4, -0.2) is 33.0 Å². The molecule has 2 heterocycles. The Kier molecular flexibility index (Phi) is 9.56. The lowest BCUT2D eigenvalue weighted by molar-refractivity contribution is -0.139. The zero-order valence-corrected chi connectivity index (χ0v) is 25.1. The number of hydrogen-bond acceptors (Lipinski definition) is 5. The third-order valence-corrected chi connectivity index (χ3v) is 8.76. The SMILES string of the molecule is Cc1cccc(Cc2cnc(Oc3ccc(N(C(=O)C4CCC(C)CC4)C4CCCCC4)c(C(=O)O)c3)c(C(F)(F)F)c2)n1. The summed E-state index contributed by atoms with van der Waals surface area (Å²) in [7, 11) is 0. The first-order chi connectivity index (χ1) is 21.0. The number of amides is 1. The normalized spacial score (nSPS) is 19.4. The fourth-order valence-electron chi connectivity index (χ4n) is 6.39. The molecule has 2 aromatic heterocycles. The van der Waals surface area contributed by atoms with E-state index in [1.54, 1.807) is 30.0 Å². The third-order valence-electron chi connectivity index (χ3n) is 8.76. The van der Waals surface area contributed by atoms with Crippen molar-refractivity contribution < 1.29 is 32.6 Å². The average Bonchev–Trinajstić information content (AvgIpc) is 2.99. The van der Waals surface area contributed by atoms with Gasteiger partial charge in [0.1, 0.15) is 11.3 Å². The molecular formula is C34H38F3N3O4. The maximum absolute atomic E-state index is 14.1. The summed E-state index contributed by atoms with van der Waals surface area (Å²) in [5.74, 6) is -1.78. The second-order valence-corrected chi connectivity index (χ2v) is 12.2. The van der Waals surface area contributed by atoms with E-state index in [2.05, 4.69) is 16.9 Å². The van der Waals surface area contributed by atoms with Gasteiger partial charge in [0, 0.05) is 36.0 Å². The minimum Gasteiger partial charge on any atom is -0.478 e. The van der Waals surface area contributed by atoms with Crippen LogP contribution in [0.4, 0.5) is 18.9 Å². The van der Waals surface area contributed by atoms with Crippen LogP contribution in [0.25, 0.3) is 0 Å². The molecule has 2 fully saturated rings. The van der Waals surface area contributed by atoms with E-state index in [0.717, 1.165) is 69.5 Å². The third kappa shape index (κ3) is 7.39. The molecule has 234 valence electrons. The van der Waals surface area contributed by atoms with E-state index in [-0.39, 0.29) is 41.3 Å². The van der Waals surface area contributed by atoms with Crippen molar-refractivity contribution in [2.75, 3.05) is 4.90 Å². The van der Waals surface area contributed by atoms with Gasteiger partial charge in [-0.3, -0.25) is 9.78 Å². The standard InChI is InChI=1S/C34H38F3N3O4/c1-21-11-13-24(14-12-21)32(41)40(26-9-4-3-5-10-26)30-16-15-27(19-28(30)33(42)43)44-31-29(34(35,36)37)18-23(20-38-31)17-25-8-6-7-22(2)39-25/h6-8,15-16,18-21,24,26H,3-5,9-14,17H2,1-2H3,(H,42,43). The molecule has 3 aromatic rings. The number of rotatable bonds is 8. The summed E-state index contributed by atoms with van der Waals surface area (Å²) in [5, 5.41) is 10.2. The number of benzene rings is 1. The predicted octanol–water partition coefficient (Wildman–Crippen LogP) is 8.38.